The summed E-state index contributed by atoms with van der Waals surface area (Å²) in [7, 11) is 0. The average molecular weight is 202 g/mol. The molecule has 15 heavy (non-hydrogen) atoms. The van der Waals surface area contributed by atoms with Gasteiger partial charge in [-0.2, -0.15) is 0 Å². The Bertz CT molecular complexity index is 397. The number of nitrogens with zero attached hydrogens (tertiary/aromatic N) is 2. The largest absolute Gasteiger partial charge is 0.303 e. The van der Waals surface area contributed by atoms with Crippen molar-refractivity contribution in [3.8, 4) is 0 Å². The molecule has 0 atom stereocenters. The van der Waals surface area contributed by atoms with E-state index in [-0.39, 0.29) is 0 Å². The van der Waals surface area contributed by atoms with Crippen LogP contribution in [0.4, 0.5) is 11.4 Å². The first kappa shape index (κ1) is 11.0. The normalized spacial score (nSPS) is 10.9. The lowest BCUT2D eigenvalue weighted by molar-refractivity contribution is -0.106. The Morgan fingerprint density at radius 2 is 1.87 bits per heavy atom. The van der Waals surface area contributed by atoms with Crippen LogP contribution in [0.1, 0.15) is 6.42 Å². The number of aldehydes is 2. The van der Waals surface area contributed by atoms with Crippen LogP contribution in [-0.2, 0) is 9.59 Å². The van der Waals surface area contributed by atoms with Gasteiger partial charge < -0.3 is 4.79 Å². The SMILES string of the molecule is O=CC=Nc1cccc(N=CCC=O)c1. The fourth-order valence-electron chi connectivity index (χ4n) is 0.971. The van der Waals surface area contributed by atoms with E-state index in [9.17, 15) is 9.59 Å². The summed E-state index contributed by atoms with van der Waals surface area (Å²) in [6, 6.07) is 7.06. The van der Waals surface area contributed by atoms with Gasteiger partial charge in [0.1, 0.15) is 6.29 Å². The highest BCUT2D eigenvalue weighted by Gasteiger charge is 1.90. The van der Waals surface area contributed by atoms with Crippen molar-refractivity contribution < 1.29 is 9.59 Å². The molecule has 0 heterocycles. The minimum Gasteiger partial charge on any atom is -0.303 e. The molecule has 0 saturated carbocycles. The Hall–Kier alpha value is -2.10. The van der Waals surface area contributed by atoms with Crippen LogP contribution in [0.5, 0.6) is 0 Å². The monoisotopic (exact) mass is 202 g/mol. The van der Waals surface area contributed by atoms with E-state index in [1.807, 2.05) is 0 Å². The van der Waals surface area contributed by atoms with E-state index in [1.54, 1.807) is 24.3 Å². The molecule has 0 spiro atoms. The van der Waals surface area contributed by atoms with Crippen molar-refractivity contribution in [2.45, 2.75) is 6.42 Å². The number of carbonyl (C=O) groups excluding carboxylic acids is 2. The van der Waals surface area contributed by atoms with Crippen molar-refractivity contribution in [2.24, 2.45) is 9.98 Å². The maximum absolute atomic E-state index is 10.1. The maximum Gasteiger partial charge on any atom is 0.161 e. The van der Waals surface area contributed by atoms with E-state index in [4.69, 9.17) is 0 Å². The molecule has 1 aromatic rings. The molecule has 0 fully saturated rings. The standard InChI is InChI=1S/C11H10N2O2/c14-7-2-5-12-10-3-1-4-11(9-10)13-6-8-15/h1,3-9H,2H2. The van der Waals surface area contributed by atoms with Crippen LogP contribution in [-0.4, -0.2) is 25.0 Å². The smallest absolute Gasteiger partial charge is 0.161 e. The lowest BCUT2D eigenvalue weighted by Crippen LogP contribution is -1.75. The molecule has 76 valence electrons. The highest BCUT2D eigenvalue weighted by molar-refractivity contribution is 6.13. The van der Waals surface area contributed by atoms with Gasteiger partial charge in [0.2, 0.25) is 0 Å². The molecule has 4 heteroatoms. The molecule has 0 unspecified atom stereocenters. The van der Waals surface area contributed by atoms with Gasteiger partial charge in [0.05, 0.1) is 17.6 Å². The van der Waals surface area contributed by atoms with Gasteiger partial charge in [0, 0.05) is 12.6 Å². The molecule has 4 nitrogen and oxygen atoms in total. The Morgan fingerprint density at radius 1 is 1.13 bits per heavy atom. The zero-order valence-electron chi connectivity index (χ0n) is 8.04. The zero-order valence-corrected chi connectivity index (χ0v) is 8.04. The van der Waals surface area contributed by atoms with Crippen LogP contribution in [0.2, 0.25) is 0 Å². The van der Waals surface area contributed by atoms with Gasteiger partial charge in [-0.25, -0.2) is 0 Å². The average Bonchev–Trinajstić information content (AvgIpc) is 2.27. The van der Waals surface area contributed by atoms with Crippen molar-refractivity contribution in [1.82, 2.24) is 0 Å². The topological polar surface area (TPSA) is 58.9 Å². The molecular formula is C11H10N2O2. The molecule has 0 aliphatic carbocycles. The number of rotatable bonds is 5. The Kier molecular flexibility index (Phi) is 4.66. The lowest BCUT2D eigenvalue weighted by atomic mass is 10.3. The fourth-order valence-corrected chi connectivity index (χ4v) is 0.971. The summed E-state index contributed by atoms with van der Waals surface area (Å²) in [5, 5.41) is 0. The van der Waals surface area contributed by atoms with E-state index in [1.165, 1.54) is 12.4 Å². The van der Waals surface area contributed by atoms with Gasteiger partial charge in [-0.05, 0) is 18.2 Å². The quantitative estimate of drug-likeness (QED) is 0.540. The first-order valence-corrected chi connectivity index (χ1v) is 4.41. The summed E-state index contributed by atoms with van der Waals surface area (Å²) >= 11 is 0. The molecule has 0 saturated heterocycles. The van der Waals surface area contributed by atoms with Gasteiger partial charge in [-0.3, -0.25) is 14.8 Å². The lowest BCUT2D eigenvalue weighted by Gasteiger charge is -1.94. The second-order valence-corrected chi connectivity index (χ2v) is 2.65. The summed E-state index contributed by atoms with van der Waals surface area (Å²) in [6.07, 6.45) is 4.38. The van der Waals surface area contributed by atoms with Crippen LogP contribution >= 0.6 is 0 Å². The van der Waals surface area contributed by atoms with Gasteiger partial charge in [0.25, 0.3) is 0 Å². The van der Waals surface area contributed by atoms with Crippen LogP contribution in [0, 0.1) is 0 Å². The maximum atomic E-state index is 10.1. The molecule has 0 aromatic heterocycles. The van der Waals surface area contributed by atoms with Crippen molar-refractivity contribution in [2.75, 3.05) is 0 Å². The zero-order chi connectivity index (χ0) is 10.9. The van der Waals surface area contributed by atoms with E-state index < -0.39 is 0 Å². The predicted octanol–water partition coefficient (Wildman–Crippen LogP) is 1.88. The third-order valence-corrected chi connectivity index (χ3v) is 1.56. The second-order valence-electron chi connectivity index (χ2n) is 2.65. The Labute approximate surface area is 87.4 Å². The van der Waals surface area contributed by atoms with Gasteiger partial charge >= 0.3 is 0 Å². The molecule has 0 radical (unpaired) electrons. The van der Waals surface area contributed by atoms with Crippen LogP contribution in [0.15, 0.2) is 34.3 Å². The van der Waals surface area contributed by atoms with Gasteiger partial charge in [-0.15, -0.1) is 0 Å². The molecule has 1 rings (SSSR count). The molecule has 1 aromatic carbocycles. The van der Waals surface area contributed by atoms with Crippen LogP contribution in [0.25, 0.3) is 0 Å². The second kappa shape index (κ2) is 6.37. The Balaban J connectivity index is 2.77. The molecule has 0 aliphatic rings. The highest BCUT2D eigenvalue weighted by Crippen LogP contribution is 2.19. The number of carbonyl (C=O) groups is 2. The molecule has 0 bridgehead atoms. The van der Waals surface area contributed by atoms with Crippen molar-refractivity contribution in [3.63, 3.8) is 0 Å². The number of hydrogen-bond acceptors (Lipinski definition) is 4. The summed E-state index contributed by atoms with van der Waals surface area (Å²) in [5.74, 6) is 0. The Morgan fingerprint density at radius 3 is 2.53 bits per heavy atom. The third-order valence-electron chi connectivity index (χ3n) is 1.56. The fraction of sp³-hybridized carbons (Fsp3) is 0.0909. The molecule has 0 N–H and O–H groups in total. The summed E-state index contributed by atoms with van der Waals surface area (Å²) in [6.45, 7) is 0. The van der Waals surface area contributed by atoms with Gasteiger partial charge in [-0.1, -0.05) is 6.07 Å². The summed E-state index contributed by atoms with van der Waals surface area (Å²) in [5.41, 5.74) is 1.36. The minimum absolute atomic E-state index is 0.293. The number of hydrogen-bond donors (Lipinski definition) is 0. The first-order chi connectivity index (χ1) is 7.36. The van der Waals surface area contributed by atoms with Crippen LogP contribution < -0.4 is 0 Å². The minimum atomic E-state index is 0.293. The van der Waals surface area contributed by atoms with Crippen molar-refractivity contribution in [3.05, 3.63) is 24.3 Å². The van der Waals surface area contributed by atoms with Crippen LogP contribution in [0.3, 0.4) is 0 Å². The van der Waals surface area contributed by atoms with Gasteiger partial charge in [0.15, 0.2) is 6.29 Å². The van der Waals surface area contributed by atoms with E-state index in [2.05, 4.69) is 9.98 Å². The number of benzene rings is 1. The highest BCUT2D eigenvalue weighted by atomic mass is 16.1. The predicted molar refractivity (Wildman–Crippen MR) is 59.5 cm³/mol. The summed E-state index contributed by atoms with van der Waals surface area (Å²) < 4.78 is 0. The van der Waals surface area contributed by atoms with Crippen molar-refractivity contribution >= 4 is 36.4 Å². The van der Waals surface area contributed by atoms with E-state index >= 15 is 0 Å². The number of aliphatic imine (C=N–C) groups is 2. The molecule has 0 aliphatic heterocycles. The van der Waals surface area contributed by atoms with Crippen molar-refractivity contribution in [1.29, 1.82) is 0 Å². The third kappa shape index (κ3) is 4.08. The first-order valence-electron chi connectivity index (χ1n) is 4.41. The van der Waals surface area contributed by atoms with E-state index in [0.717, 1.165) is 6.29 Å². The molecular weight excluding hydrogens is 192 g/mol. The van der Waals surface area contributed by atoms with E-state index in [0.29, 0.717) is 24.1 Å². The summed E-state index contributed by atoms with van der Waals surface area (Å²) in [4.78, 5) is 28.0. The molecule has 0 amide bonds.